The van der Waals surface area contributed by atoms with E-state index in [0.717, 1.165) is 6.07 Å². The first kappa shape index (κ1) is 15.5. The smallest absolute Gasteiger partial charge is 0.306 e. The molecule has 2 rings (SSSR count). The zero-order chi connectivity index (χ0) is 15.6. The van der Waals surface area contributed by atoms with E-state index < -0.39 is 20.7 Å². The predicted octanol–water partition coefficient (Wildman–Crippen LogP) is 2.08. The monoisotopic (exact) mass is 332 g/mol. The van der Waals surface area contributed by atoms with E-state index in [2.05, 4.69) is 9.71 Å². The maximum Gasteiger partial charge on any atom is 0.306 e. The van der Waals surface area contributed by atoms with Crippen molar-refractivity contribution in [1.29, 1.82) is 0 Å². The maximum absolute atomic E-state index is 13.7. The molecule has 0 aliphatic rings. The van der Waals surface area contributed by atoms with Gasteiger partial charge < -0.3 is 9.72 Å². The molecule has 1 aromatic carbocycles. The van der Waals surface area contributed by atoms with Crippen molar-refractivity contribution in [2.75, 3.05) is 11.3 Å². The lowest BCUT2D eigenvalue weighted by atomic mass is 10.3. The third-order valence-corrected chi connectivity index (χ3v) is 5.50. The fourth-order valence-electron chi connectivity index (χ4n) is 1.69. The van der Waals surface area contributed by atoms with E-state index in [4.69, 9.17) is 4.74 Å². The highest BCUT2D eigenvalue weighted by atomic mass is 32.2. The number of thiazole rings is 1. The van der Waals surface area contributed by atoms with E-state index in [1.54, 1.807) is 6.92 Å². The number of sulfonamides is 1. The number of hydrogen-bond acceptors (Lipinski definition) is 5. The van der Waals surface area contributed by atoms with Gasteiger partial charge >= 0.3 is 4.87 Å². The number of rotatable bonds is 5. The normalized spacial score (nSPS) is 11.4. The van der Waals surface area contributed by atoms with Crippen molar-refractivity contribution in [3.8, 4) is 5.75 Å². The zero-order valence-electron chi connectivity index (χ0n) is 11.3. The molecule has 9 heteroatoms. The Labute approximate surface area is 124 Å². The molecule has 0 saturated carbocycles. The largest absolute Gasteiger partial charge is 0.491 e. The van der Waals surface area contributed by atoms with Gasteiger partial charge in [-0.05, 0) is 26.0 Å². The highest BCUT2D eigenvalue weighted by Crippen LogP contribution is 2.24. The highest BCUT2D eigenvalue weighted by molar-refractivity contribution is 7.94. The summed E-state index contributed by atoms with van der Waals surface area (Å²) in [7, 11) is -3.94. The number of nitrogens with one attached hydrogen (secondary N) is 2. The molecule has 0 amide bonds. The number of anilines is 1. The van der Waals surface area contributed by atoms with Crippen LogP contribution in [0.1, 0.15) is 12.6 Å². The SMILES string of the molecule is CCOc1ccc(NS(=O)(=O)c2sc(=O)[nH]c2C)cc1F. The Morgan fingerprint density at radius 1 is 1.43 bits per heavy atom. The lowest BCUT2D eigenvalue weighted by Crippen LogP contribution is -2.13. The van der Waals surface area contributed by atoms with Crippen LogP contribution in [0.25, 0.3) is 0 Å². The summed E-state index contributed by atoms with van der Waals surface area (Å²) in [6.45, 7) is 3.50. The lowest BCUT2D eigenvalue weighted by Gasteiger charge is -2.09. The molecule has 2 N–H and O–H groups in total. The molecule has 1 heterocycles. The molecular weight excluding hydrogens is 319 g/mol. The molecule has 114 valence electrons. The second-order valence-corrected chi connectivity index (χ2v) is 6.97. The van der Waals surface area contributed by atoms with Crippen LogP contribution in [0, 0.1) is 12.7 Å². The molecule has 2 aromatic rings. The Hall–Kier alpha value is -1.87. The van der Waals surface area contributed by atoms with Crippen LogP contribution in [0.2, 0.25) is 0 Å². The van der Waals surface area contributed by atoms with E-state index in [1.165, 1.54) is 19.1 Å². The first-order valence-electron chi connectivity index (χ1n) is 5.98. The summed E-state index contributed by atoms with van der Waals surface area (Å²) in [6.07, 6.45) is 0. The number of aromatic amines is 1. The summed E-state index contributed by atoms with van der Waals surface area (Å²) in [4.78, 5) is 13.1. The third kappa shape index (κ3) is 3.42. The quantitative estimate of drug-likeness (QED) is 0.877. The van der Waals surface area contributed by atoms with Crippen molar-refractivity contribution in [2.24, 2.45) is 0 Å². The molecule has 0 aliphatic carbocycles. The second kappa shape index (κ2) is 5.86. The van der Waals surface area contributed by atoms with Gasteiger partial charge in [0.2, 0.25) is 0 Å². The molecule has 0 fully saturated rings. The molecule has 6 nitrogen and oxygen atoms in total. The molecule has 1 aromatic heterocycles. The van der Waals surface area contributed by atoms with Crippen molar-refractivity contribution in [2.45, 2.75) is 18.1 Å². The molecule has 0 bridgehead atoms. The molecule has 0 aliphatic heterocycles. The number of hydrogen-bond donors (Lipinski definition) is 2. The standard InChI is InChI=1S/C12H13FN2O4S2/c1-3-19-10-5-4-8(6-9(10)13)15-21(17,18)11-7(2)14-12(16)20-11/h4-6,15H,3H2,1-2H3,(H,14,16). The van der Waals surface area contributed by atoms with Crippen molar-refractivity contribution in [1.82, 2.24) is 4.98 Å². The van der Waals surface area contributed by atoms with Crippen LogP contribution in [0.4, 0.5) is 10.1 Å². The van der Waals surface area contributed by atoms with Gasteiger partial charge in [-0.1, -0.05) is 11.3 Å². The van der Waals surface area contributed by atoms with Gasteiger partial charge in [0.25, 0.3) is 10.0 Å². The van der Waals surface area contributed by atoms with Gasteiger partial charge in [-0.2, -0.15) is 0 Å². The molecule has 0 spiro atoms. The van der Waals surface area contributed by atoms with Gasteiger partial charge in [-0.25, -0.2) is 12.8 Å². The van der Waals surface area contributed by atoms with Gasteiger partial charge in [0.15, 0.2) is 15.8 Å². The Morgan fingerprint density at radius 2 is 2.14 bits per heavy atom. The number of benzene rings is 1. The third-order valence-electron chi connectivity index (χ3n) is 2.51. The first-order chi connectivity index (χ1) is 9.83. The van der Waals surface area contributed by atoms with Crippen molar-refractivity contribution in [3.05, 3.63) is 39.4 Å². The Morgan fingerprint density at radius 3 is 2.67 bits per heavy atom. The fourth-order valence-corrected chi connectivity index (χ4v) is 4.04. The van der Waals surface area contributed by atoms with Crippen LogP contribution in [0.15, 0.2) is 27.2 Å². The average Bonchev–Trinajstić information content (AvgIpc) is 2.72. The van der Waals surface area contributed by atoms with Crippen LogP contribution < -0.4 is 14.3 Å². The van der Waals surface area contributed by atoms with Crippen LogP contribution in [-0.4, -0.2) is 20.0 Å². The van der Waals surface area contributed by atoms with Gasteiger partial charge in [-0.3, -0.25) is 9.52 Å². The number of aromatic nitrogens is 1. The van der Waals surface area contributed by atoms with Crippen LogP contribution in [-0.2, 0) is 10.0 Å². The number of H-pyrrole nitrogens is 1. The predicted molar refractivity (Wildman–Crippen MR) is 78.1 cm³/mol. The minimum absolute atomic E-state index is 0.0444. The van der Waals surface area contributed by atoms with E-state index >= 15 is 0 Å². The topological polar surface area (TPSA) is 88.3 Å². The fraction of sp³-hybridized carbons (Fsp3) is 0.250. The summed E-state index contributed by atoms with van der Waals surface area (Å²) in [5.74, 6) is -0.626. The van der Waals surface area contributed by atoms with Gasteiger partial charge in [-0.15, -0.1) is 0 Å². The van der Waals surface area contributed by atoms with E-state index in [-0.39, 0.29) is 21.3 Å². The molecule has 0 atom stereocenters. The van der Waals surface area contributed by atoms with Gasteiger partial charge in [0, 0.05) is 11.8 Å². The molecule has 21 heavy (non-hydrogen) atoms. The van der Waals surface area contributed by atoms with E-state index in [9.17, 15) is 17.6 Å². The first-order valence-corrected chi connectivity index (χ1v) is 8.28. The zero-order valence-corrected chi connectivity index (χ0v) is 12.9. The molecule has 0 unspecified atom stereocenters. The highest BCUT2D eigenvalue weighted by Gasteiger charge is 2.21. The van der Waals surface area contributed by atoms with Crippen LogP contribution in [0.3, 0.4) is 0 Å². The van der Waals surface area contributed by atoms with Crippen LogP contribution in [0.5, 0.6) is 5.75 Å². The van der Waals surface area contributed by atoms with Crippen molar-refractivity contribution >= 4 is 27.0 Å². The van der Waals surface area contributed by atoms with E-state index in [0.29, 0.717) is 17.9 Å². The summed E-state index contributed by atoms with van der Waals surface area (Å²) in [6, 6.07) is 3.74. The summed E-state index contributed by atoms with van der Waals surface area (Å²) >= 11 is 0.576. The number of halogens is 1. The average molecular weight is 332 g/mol. The van der Waals surface area contributed by atoms with Gasteiger partial charge in [0.1, 0.15) is 0 Å². The Kier molecular flexibility index (Phi) is 4.33. The van der Waals surface area contributed by atoms with Crippen LogP contribution >= 0.6 is 11.3 Å². The Balaban J connectivity index is 2.31. The molecular formula is C12H13FN2O4S2. The summed E-state index contributed by atoms with van der Waals surface area (Å²) in [5, 5.41) is 0. The van der Waals surface area contributed by atoms with Gasteiger partial charge in [0.05, 0.1) is 12.3 Å². The minimum atomic E-state index is -3.94. The van der Waals surface area contributed by atoms with E-state index in [1.807, 2.05) is 0 Å². The minimum Gasteiger partial charge on any atom is -0.491 e. The summed E-state index contributed by atoms with van der Waals surface area (Å²) < 4.78 is 45.1. The number of ether oxygens (including phenoxy) is 1. The maximum atomic E-state index is 13.7. The second-order valence-electron chi connectivity index (χ2n) is 4.11. The summed E-state index contributed by atoms with van der Waals surface area (Å²) in [5.41, 5.74) is 0.292. The van der Waals surface area contributed by atoms with Crippen molar-refractivity contribution < 1.29 is 17.5 Å². The van der Waals surface area contributed by atoms with Crippen molar-refractivity contribution in [3.63, 3.8) is 0 Å². The number of aryl methyl sites for hydroxylation is 1. The molecule has 0 radical (unpaired) electrons. The lowest BCUT2D eigenvalue weighted by molar-refractivity contribution is 0.321. The molecule has 0 saturated heterocycles. The Bertz CT molecular complexity index is 811.